The summed E-state index contributed by atoms with van der Waals surface area (Å²) in [5, 5.41) is 0. The molecule has 0 aromatic carbocycles. The summed E-state index contributed by atoms with van der Waals surface area (Å²) in [6.07, 6.45) is 11.8. The third-order valence-corrected chi connectivity index (χ3v) is 1.74. The SMILES string of the molecule is C=CC=NC1C=CC=CC1C. The molecule has 58 valence electrons. The van der Waals surface area contributed by atoms with Crippen LogP contribution in [0.2, 0.25) is 0 Å². The summed E-state index contributed by atoms with van der Waals surface area (Å²) in [7, 11) is 0. The Bertz CT molecular complexity index is 211. The summed E-state index contributed by atoms with van der Waals surface area (Å²) in [5.74, 6) is 0.510. The molecule has 0 spiro atoms. The lowest BCUT2D eigenvalue weighted by atomic mass is 9.98. The van der Waals surface area contributed by atoms with E-state index in [-0.39, 0.29) is 0 Å². The highest BCUT2D eigenvalue weighted by molar-refractivity contribution is 5.70. The number of aliphatic imine (C=N–C) groups is 1. The average molecular weight is 147 g/mol. The molecule has 0 radical (unpaired) electrons. The molecular weight excluding hydrogens is 134 g/mol. The molecule has 1 aliphatic rings. The van der Waals surface area contributed by atoms with E-state index in [4.69, 9.17) is 0 Å². The van der Waals surface area contributed by atoms with E-state index >= 15 is 0 Å². The molecule has 0 aromatic heterocycles. The second-order valence-corrected chi connectivity index (χ2v) is 2.65. The number of hydrogen-bond acceptors (Lipinski definition) is 1. The number of hydrogen-bond donors (Lipinski definition) is 0. The Balaban J connectivity index is 2.58. The lowest BCUT2D eigenvalue weighted by Gasteiger charge is -2.14. The Morgan fingerprint density at radius 2 is 2.09 bits per heavy atom. The van der Waals surface area contributed by atoms with Crippen LogP contribution in [0.1, 0.15) is 6.92 Å². The third-order valence-electron chi connectivity index (χ3n) is 1.74. The molecule has 1 aliphatic carbocycles. The molecule has 2 atom stereocenters. The van der Waals surface area contributed by atoms with Crippen LogP contribution in [0.5, 0.6) is 0 Å². The number of nitrogens with zero attached hydrogens (tertiary/aromatic N) is 1. The van der Waals surface area contributed by atoms with Gasteiger partial charge in [0.1, 0.15) is 0 Å². The van der Waals surface area contributed by atoms with Crippen molar-refractivity contribution in [1.29, 1.82) is 0 Å². The Kier molecular flexibility index (Phi) is 2.84. The quantitative estimate of drug-likeness (QED) is 0.532. The van der Waals surface area contributed by atoms with Crippen LogP contribution in [-0.2, 0) is 0 Å². The van der Waals surface area contributed by atoms with Crippen molar-refractivity contribution in [3.8, 4) is 0 Å². The minimum absolute atomic E-state index is 0.304. The number of rotatable bonds is 2. The van der Waals surface area contributed by atoms with E-state index in [9.17, 15) is 0 Å². The molecule has 0 heterocycles. The summed E-state index contributed by atoms with van der Waals surface area (Å²) >= 11 is 0. The first-order valence-corrected chi connectivity index (χ1v) is 3.84. The van der Waals surface area contributed by atoms with Crippen LogP contribution in [0.15, 0.2) is 42.0 Å². The topological polar surface area (TPSA) is 12.4 Å². The van der Waals surface area contributed by atoms with Crippen LogP contribution in [0.4, 0.5) is 0 Å². The van der Waals surface area contributed by atoms with Gasteiger partial charge in [0.25, 0.3) is 0 Å². The molecule has 11 heavy (non-hydrogen) atoms. The standard InChI is InChI=1S/C10H13N/c1-3-8-11-10-7-5-4-6-9(10)2/h3-10H,1H2,2H3. The van der Waals surface area contributed by atoms with Gasteiger partial charge in [0.15, 0.2) is 0 Å². The minimum atomic E-state index is 0.304. The van der Waals surface area contributed by atoms with Crippen molar-refractivity contribution < 1.29 is 0 Å². The molecule has 0 amide bonds. The molecule has 0 aliphatic heterocycles. The van der Waals surface area contributed by atoms with E-state index in [1.54, 1.807) is 12.3 Å². The molecule has 0 fully saturated rings. The van der Waals surface area contributed by atoms with Gasteiger partial charge in [-0.3, -0.25) is 4.99 Å². The summed E-state index contributed by atoms with van der Waals surface area (Å²) < 4.78 is 0. The van der Waals surface area contributed by atoms with Gasteiger partial charge in [-0.15, -0.1) is 0 Å². The first-order valence-electron chi connectivity index (χ1n) is 3.84. The van der Waals surface area contributed by atoms with Crippen LogP contribution < -0.4 is 0 Å². The third kappa shape index (κ3) is 2.19. The predicted octanol–water partition coefficient (Wildman–Crippen LogP) is 2.37. The van der Waals surface area contributed by atoms with Crippen LogP contribution in [0.25, 0.3) is 0 Å². The van der Waals surface area contributed by atoms with Crippen molar-refractivity contribution in [2.24, 2.45) is 10.9 Å². The Labute approximate surface area is 67.8 Å². The minimum Gasteiger partial charge on any atom is -0.285 e. The molecule has 0 saturated carbocycles. The van der Waals surface area contributed by atoms with Crippen molar-refractivity contribution in [2.45, 2.75) is 13.0 Å². The van der Waals surface area contributed by atoms with Gasteiger partial charge in [0.2, 0.25) is 0 Å². The number of allylic oxidation sites excluding steroid dienone is 3. The zero-order valence-corrected chi connectivity index (χ0v) is 6.77. The first kappa shape index (κ1) is 7.99. The highest BCUT2D eigenvalue weighted by atomic mass is 14.8. The summed E-state index contributed by atoms with van der Waals surface area (Å²) in [6, 6.07) is 0.304. The second kappa shape index (κ2) is 3.91. The molecule has 0 saturated heterocycles. The van der Waals surface area contributed by atoms with Gasteiger partial charge in [-0.05, 0) is 0 Å². The maximum atomic E-state index is 4.30. The molecule has 2 unspecified atom stereocenters. The van der Waals surface area contributed by atoms with Crippen LogP contribution in [0.3, 0.4) is 0 Å². The zero-order chi connectivity index (χ0) is 8.10. The van der Waals surface area contributed by atoms with Gasteiger partial charge in [0, 0.05) is 12.1 Å². The highest BCUT2D eigenvalue weighted by Gasteiger charge is 2.10. The van der Waals surface area contributed by atoms with Crippen molar-refractivity contribution in [3.63, 3.8) is 0 Å². The van der Waals surface area contributed by atoms with Crippen molar-refractivity contribution in [3.05, 3.63) is 37.0 Å². The fourth-order valence-electron chi connectivity index (χ4n) is 1.05. The first-order chi connectivity index (χ1) is 5.34. The smallest absolute Gasteiger partial charge is 0.0742 e. The van der Waals surface area contributed by atoms with Crippen LogP contribution in [-0.4, -0.2) is 12.3 Å². The van der Waals surface area contributed by atoms with E-state index in [0.29, 0.717) is 12.0 Å². The Morgan fingerprint density at radius 3 is 2.73 bits per heavy atom. The zero-order valence-electron chi connectivity index (χ0n) is 6.77. The molecule has 0 N–H and O–H groups in total. The van der Waals surface area contributed by atoms with Crippen LogP contribution in [0, 0.1) is 5.92 Å². The summed E-state index contributed by atoms with van der Waals surface area (Å²) in [5.41, 5.74) is 0. The van der Waals surface area contributed by atoms with Gasteiger partial charge >= 0.3 is 0 Å². The maximum absolute atomic E-state index is 4.30. The van der Waals surface area contributed by atoms with Crippen molar-refractivity contribution >= 4 is 6.21 Å². The second-order valence-electron chi connectivity index (χ2n) is 2.65. The Morgan fingerprint density at radius 1 is 1.36 bits per heavy atom. The lowest BCUT2D eigenvalue weighted by molar-refractivity contribution is 0.629. The Hall–Kier alpha value is -1.11. The van der Waals surface area contributed by atoms with E-state index < -0.39 is 0 Å². The average Bonchev–Trinajstić information content (AvgIpc) is 2.03. The van der Waals surface area contributed by atoms with Gasteiger partial charge in [-0.1, -0.05) is 43.9 Å². The summed E-state index contributed by atoms with van der Waals surface area (Å²) in [4.78, 5) is 4.30. The molecule has 1 nitrogen and oxygen atoms in total. The fraction of sp³-hybridized carbons (Fsp3) is 0.300. The molecular formula is C10H13N. The van der Waals surface area contributed by atoms with E-state index in [1.165, 1.54) is 0 Å². The van der Waals surface area contributed by atoms with E-state index in [0.717, 1.165) is 0 Å². The monoisotopic (exact) mass is 147 g/mol. The van der Waals surface area contributed by atoms with Gasteiger partial charge in [-0.2, -0.15) is 0 Å². The molecule has 0 bridgehead atoms. The van der Waals surface area contributed by atoms with E-state index in [2.05, 4.69) is 36.7 Å². The van der Waals surface area contributed by atoms with Crippen LogP contribution >= 0.6 is 0 Å². The molecule has 0 aromatic rings. The van der Waals surface area contributed by atoms with Crippen molar-refractivity contribution in [1.82, 2.24) is 0 Å². The van der Waals surface area contributed by atoms with Gasteiger partial charge in [-0.25, -0.2) is 0 Å². The normalized spacial score (nSPS) is 29.5. The van der Waals surface area contributed by atoms with E-state index in [1.807, 2.05) is 6.08 Å². The maximum Gasteiger partial charge on any atom is 0.0742 e. The predicted molar refractivity (Wildman–Crippen MR) is 49.9 cm³/mol. The molecule has 1 heteroatoms. The molecule has 1 rings (SSSR count). The van der Waals surface area contributed by atoms with Gasteiger partial charge < -0.3 is 0 Å². The van der Waals surface area contributed by atoms with Gasteiger partial charge in [0.05, 0.1) is 6.04 Å². The largest absolute Gasteiger partial charge is 0.285 e. The lowest BCUT2D eigenvalue weighted by Crippen LogP contribution is -2.12. The summed E-state index contributed by atoms with van der Waals surface area (Å²) in [6.45, 7) is 5.74. The highest BCUT2D eigenvalue weighted by Crippen LogP contribution is 2.14. The van der Waals surface area contributed by atoms with Crippen molar-refractivity contribution in [2.75, 3.05) is 0 Å². The fourth-order valence-corrected chi connectivity index (χ4v) is 1.05.